The van der Waals surface area contributed by atoms with Gasteiger partial charge in [-0.1, -0.05) is 0 Å². The Hall–Kier alpha value is -3.81. The minimum absolute atomic E-state index is 0.0454. The van der Waals surface area contributed by atoms with Crippen molar-refractivity contribution in [3.8, 4) is 11.3 Å². The van der Waals surface area contributed by atoms with Gasteiger partial charge in [0.15, 0.2) is 11.0 Å². The molecule has 35 heavy (non-hydrogen) atoms. The highest BCUT2D eigenvalue weighted by molar-refractivity contribution is 7.14. The molecule has 3 heterocycles. The molecule has 1 aromatic carbocycles. The predicted molar refractivity (Wildman–Crippen MR) is 115 cm³/mol. The lowest BCUT2D eigenvalue weighted by Gasteiger charge is -2.26. The van der Waals surface area contributed by atoms with Gasteiger partial charge in [0, 0.05) is 17.4 Å². The molecule has 1 unspecified atom stereocenters. The van der Waals surface area contributed by atoms with E-state index < -0.39 is 52.7 Å². The number of imide groups is 1. The van der Waals surface area contributed by atoms with E-state index in [-0.39, 0.29) is 23.1 Å². The Bertz CT molecular complexity index is 1360. The lowest BCUT2D eigenvalue weighted by atomic mass is 9.90. The van der Waals surface area contributed by atoms with Gasteiger partial charge in [0.05, 0.1) is 19.8 Å². The van der Waals surface area contributed by atoms with Gasteiger partial charge in [0.25, 0.3) is 5.84 Å². The Kier molecular flexibility index (Phi) is 6.09. The van der Waals surface area contributed by atoms with Gasteiger partial charge in [-0.3, -0.25) is 9.59 Å². The molecule has 0 saturated carbocycles. The number of aromatic nitrogens is 1. The first kappa shape index (κ1) is 24.3. The number of rotatable bonds is 4. The second-order valence-corrected chi connectivity index (χ2v) is 8.45. The minimum atomic E-state index is -5.24. The Morgan fingerprint density at radius 2 is 1.97 bits per heavy atom. The number of dihydropyridines is 1. The summed E-state index contributed by atoms with van der Waals surface area (Å²) < 4.78 is 68.2. The number of nitrogens with one attached hydrogen (secondary N) is 1. The minimum Gasteiger partial charge on any atom is -0.302 e. The van der Waals surface area contributed by atoms with Crippen molar-refractivity contribution >= 4 is 46.4 Å². The average molecular weight is 512 g/mol. The average Bonchev–Trinajstić information content (AvgIpc) is 3.23. The number of allylic oxidation sites excluding steroid dienone is 1. The molecule has 182 valence electrons. The molecule has 2 aliphatic rings. The van der Waals surface area contributed by atoms with E-state index in [4.69, 9.17) is 0 Å². The molecule has 2 aliphatic heterocycles. The summed E-state index contributed by atoms with van der Waals surface area (Å²) in [5, 5.41) is 3.61. The van der Waals surface area contributed by atoms with Gasteiger partial charge in [0.1, 0.15) is 23.4 Å². The monoisotopic (exact) mass is 512 g/mol. The Labute approximate surface area is 198 Å². The third-order valence-corrected chi connectivity index (χ3v) is 6.14. The van der Waals surface area contributed by atoms with E-state index in [0.717, 1.165) is 22.3 Å². The van der Waals surface area contributed by atoms with E-state index in [9.17, 15) is 36.3 Å². The second-order valence-electron chi connectivity index (χ2n) is 7.59. The highest BCUT2D eigenvalue weighted by Crippen LogP contribution is 2.38. The van der Waals surface area contributed by atoms with Crippen molar-refractivity contribution in [1.29, 1.82) is 0 Å². The summed E-state index contributed by atoms with van der Waals surface area (Å²) in [7, 11) is 2.76. The van der Waals surface area contributed by atoms with Crippen LogP contribution in [0.2, 0.25) is 0 Å². The van der Waals surface area contributed by atoms with Gasteiger partial charge in [0.2, 0.25) is 5.91 Å². The van der Waals surface area contributed by atoms with Crippen LogP contribution in [0.15, 0.2) is 34.2 Å². The predicted octanol–water partition coefficient (Wildman–Crippen LogP) is 3.70. The van der Waals surface area contributed by atoms with E-state index >= 15 is 0 Å². The van der Waals surface area contributed by atoms with Crippen LogP contribution in [0.3, 0.4) is 0 Å². The van der Waals surface area contributed by atoms with Crippen molar-refractivity contribution in [3.63, 3.8) is 0 Å². The van der Waals surface area contributed by atoms with E-state index in [1.165, 1.54) is 36.3 Å². The number of amidine groups is 1. The van der Waals surface area contributed by atoms with E-state index in [2.05, 4.69) is 15.3 Å². The summed E-state index contributed by atoms with van der Waals surface area (Å²) in [6, 6.07) is 0.748. The molecule has 0 aliphatic carbocycles. The molecule has 8 nitrogen and oxygen atoms in total. The Balaban J connectivity index is 1.53. The summed E-state index contributed by atoms with van der Waals surface area (Å²) in [6.07, 6.45) is -2.69. The van der Waals surface area contributed by atoms with Gasteiger partial charge in [-0.05, 0) is 23.8 Å². The number of aliphatic imine (C=N–C) groups is 1. The van der Waals surface area contributed by atoms with Crippen LogP contribution in [0.5, 0.6) is 0 Å². The molecule has 0 bridgehead atoms. The largest absolute Gasteiger partial charge is 0.445 e. The zero-order chi connectivity index (χ0) is 25.7. The van der Waals surface area contributed by atoms with E-state index in [0.29, 0.717) is 11.6 Å². The van der Waals surface area contributed by atoms with Crippen LogP contribution in [0.4, 0.5) is 31.9 Å². The number of carbonyl (C=O) groups is 3. The molecule has 4 amide bonds. The van der Waals surface area contributed by atoms with E-state index in [1.54, 1.807) is 0 Å². The maximum atomic E-state index is 14.4. The number of fused-ring (bicyclic) bond motifs is 1. The zero-order valence-electron chi connectivity index (χ0n) is 18.0. The number of urea groups is 1. The molecule has 0 radical (unpaired) electrons. The van der Waals surface area contributed by atoms with Gasteiger partial charge in [-0.15, -0.1) is 16.3 Å². The molecule has 0 spiro atoms. The molecular weight excluding hydrogens is 497 g/mol. The molecule has 4 rings (SSSR count). The third-order valence-electron chi connectivity index (χ3n) is 5.39. The number of hydrogen-bond acceptors (Lipinski definition) is 6. The van der Waals surface area contributed by atoms with Crippen molar-refractivity contribution < 1.29 is 40.9 Å². The molecule has 0 fully saturated rings. The molecule has 1 atom stereocenters. The number of halogens is 5. The number of benzene rings is 1. The molecule has 0 saturated heterocycles. The van der Waals surface area contributed by atoms with Crippen LogP contribution in [0.25, 0.3) is 11.3 Å². The van der Waals surface area contributed by atoms with Gasteiger partial charge < -0.3 is 5.32 Å². The molecule has 1 aromatic heterocycles. The standard InChI is InChI=1S/C21H14F5N5O3S/c1-30-17-14(18(33)31(2)20(30)34)9(5-6-27-17)7-13(32)29-19-28-12(8-35-19)10-3-4-11(22)15(16(10)23)21(24,25)26/h3-6,8,14H,7H2,1-2H3/p+1. The van der Waals surface area contributed by atoms with Crippen LogP contribution in [-0.2, 0) is 15.8 Å². The quantitative estimate of drug-likeness (QED) is 0.500. The highest BCUT2D eigenvalue weighted by Gasteiger charge is 2.47. The van der Waals surface area contributed by atoms with Crippen LogP contribution < -0.4 is 5.32 Å². The fraction of sp³-hybridized carbons (Fsp3) is 0.238. The molecule has 2 aromatic rings. The number of amides is 4. The Morgan fingerprint density at radius 3 is 2.66 bits per heavy atom. The molecule has 1 N–H and O–H groups in total. The fourth-order valence-corrected chi connectivity index (χ4v) is 4.41. The maximum absolute atomic E-state index is 14.4. The van der Waals surface area contributed by atoms with Crippen molar-refractivity contribution in [3.05, 3.63) is 46.4 Å². The number of thiazole rings is 1. The second kappa shape index (κ2) is 8.76. The maximum Gasteiger partial charge on any atom is 0.445 e. The number of carbonyl (C=O) groups excluding carboxylic acids is 3. The van der Waals surface area contributed by atoms with Crippen LogP contribution in [-0.4, -0.2) is 58.5 Å². The summed E-state index contributed by atoms with van der Waals surface area (Å²) in [6.45, 7) is 0. The Morgan fingerprint density at radius 1 is 1.26 bits per heavy atom. The number of nitrogens with zero attached hydrogens (tertiary/aromatic N) is 4. The summed E-state index contributed by atoms with van der Waals surface area (Å²) in [5.41, 5.74) is -2.47. The summed E-state index contributed by atoms with van der Waals surface area (Å²) in [5.74, 6) is -5.50. The van der Waals surface area contributed by atoms with Crippen LogP contribution >= 0.6 is 11.3 Å². The van der Waals surface area contributed by atoms with Gasteiger partial charge >= 0.3 is 18.1 Å². The molecule has 14 heteroatoms. The number of anilines is 1. The third kappa shape index (κ3) is 4.36. The van der Waals surface area contributed by atoms with E-state index in [1.807, 2.05) is 0 Å². The lowest BCUT2D eigenvalue weighted by molar-refractivity contribution is -0.407. The first-order valence-electron chi connectivity index (χ1n) is 9.86. The lowest BCUT2D eigenvalue weighted by Crippen LogP contribution is -2.52. The van der Waals surface area contributed by atoms with Crippen molar-refractivity contribution in [2.45, 2.75) is 12.6 Å². The fourth-order valence-electron chi connectivity index (χ4n) is 3.68. The van der Waals surface area contributed by atoms with Gasteiger partial charge in [-0.25, -0.2) is 18.6 Å². The first-order valence-corrected chi connectivity index (χ1v) is 10.7. The highest BCUT2D eigenvalue weighted by atomic mass is 32.1. The summed E-state index contributed by atoms with van der Waals surface area (Å²) in [4.78, 5) is 46.3. The molecular formula is C21H15F5N5O3S+. The van der Waals surface area contributed by atoms with Crippen LogP contribution in [0, 0.1) is 17.6 Å². The van der Waals surface area contributed by atoms with Crippen LogP contribution in [0.1, 0.15) is 12.0 Å². The first-order chi connectivity index (χ1) is 16.4. The SMILES string of the molecule is CN1C(=O)C2C(CC(=O)Nc3nc(-c4ccc(F)c(C(F)(F)F)c4F)cs3)=CC=NC2=[N+](C)C1=O. The van der Waals surface area contributed by atoms with Crippen molar-refractivity contribution in [2.75, 3.05) is 19.4 Å². The van der Waals surface area contributed by atoms with Crippen molar-refractivity contribution in [2.24, 2.45) is 10.9 Å². The van der Waals surface area contributed by atoms with Gasteiger partial charge in [-0.2, -0.15) is 22.6 Å². The van der Waals surface area contributed by atoms with Crippen molar-refractivity contribution in [1.82, 2.24) is 9.88 Å². The zero-order valence-corrected chi connectivity index (χ0v) is 18.8. The topological polar surface area (TPSA) is 94.7 Å². The normalized spacial score (nSPS) is 18.1. The summed E-state index contributed by atoms with van der Waals surface area (Å²) >= 11 is 0.822. The number of alkyl halides is 3. The number of hydrogen-bond donors (Lipinski definition) is 1. The smallest absolute Gasteiger partial charge is 0.302 e.